The molecule has 26 heavy (non-hydrogen) atoms. The number of Topliss-reactive ketones (excluding diaryl/α,β-unsaturated/α-hetero) is 1. The van der Waals surface area contributed by atoms with Crippen LogP contribution in [-0.2, 0) is 9.53 Å². The third-order valence-corrected chi connectivity index (χ3v) is 3.51. The van der Waals surface area contributed by atoms with Crippen LogP contribution in [0.2, 0.25) is 0 Å². The Kier molecular flexibility index (Phi) is 6.54. The minimum atomic E-state index is -0.958. The predicted octanol–water partition coefficient (Wildman–Crippen LogP) is 3.04. The van der Waals surface area contributed by atoms with Crippen LogP contribution in [0.25, 0.3) is 0 Å². The summed E-state index contributed by atoms with van der Waals surface area (Å²) in [6, 6.07) is 9.97. The van der Waals surface area contributed by atoms with Gasteiger partial charge in [-0.1, -0.05) is 0 Å². The van der Waals surface area contributed by atoms with Gasteiger partial charge in [0.25, 0.3) is 0 Å². The quantitative estimate of drug-likeness (QED) is 0.531. The zero-order valence-corrected chi connectivity index (χ0v) is 14.7. The van der Waals surface area contributed by atoms with E-state index in [1.807, 2.05) is 0 Å². The van der Waals surface area contributed by atoms with E-state index in [1.54, 1.807) is 12.1 Å². The summed E-state index contributed by atoms with van der Waals surface area (Å²) in [6.45, 7) is 1.00. The summed E-state index contributed by atoms with van der Waals surface area (Å²) < 4.78 is 33.4. The maximum atomic E-state index is 12.9. The molecule has 7 heteroatoms. The number of benzene rings is 2. The molecule has 0 heterocycles. The molecule has 0 unspecified atom stereocenters. The molecule has 0 fully saturated rings. The molecule has 0 aromatic heterocycles. The minimum absolute atomic E-state index is 0.242. The number of ether oxygens (including phenoxy) is 4. The second-order valence-corrected chi connectivity index (χ2v) is 5.31. The normalized spacial score (nSPS) is 11.4. The van der Waals surface area contributed by atoms with Crippen LogP contribution in [0.1, 0.15) is 17.3 Å². The molecule has 0 bridgehead atoms. The first-order valence-electron chi connectivity index (χ1n) is 7.78. The summed E-state index contributed by atoms with van der Waals surface area (Å²) in [7, 11) is 2.91. The van der Waals surface area contributed by atoms with E-state index in [4.69, 9.17) is 18.9 Å². The summed E-state index contributed by atoms with van der Waals surface area (Å²) in [4.78, 5) is 24.3. The lowest BCUT2D eigenvalue weighted by Gasteiger charge is -2.14. The lowest BCUT2D eigenvalue weighted by molar-refractivity contribution is -0.149. The number of carbonyl (C=O) groups is 2. The highest BCUT2D eigenvalue weighted by Crippen LogP contribution is 2.24. The summed E-state index contributed by atoms with van der Waals surface area (Å²) in [5, 5.41) is 0. The molecule has 0 saturated heterocycles. The van der Waals surface area contributed by atoms with E-state index in [2.05, 4.69) is 0 Å². The van der Waals surface area contributed by atoms with Gasteiger partial charge in [-0.2, -0.15) is 0 Å². The summed E-state index contributed by atoms with van der Waals surface area (Å²) in [5.41, 5.74) is 0.242. The number of ketones is 1. The lowest BCUT2D eigenvalue weighted by Crippen LogP contribution is -2.28. The first kappa shape index (κ1) is 19.2. The van der Waals surface area contributed by atoms with Gasteiger partial charge in [-0.15, -0.1) is 0 Å². The van der Waals surface area contributed by atoms with Gasteiger partial charge in [0.15, 0.2) is 12.7 Å². The van der Waals surface area contributed by atoms with E-state index < -0.39 is 30.3 Å². The van der Waals surface area contributed by atoms with Crippen LogP contribution >= 0.6 is 0 Å². The molecule has 0 radical (unpaired) electrons. The molecule has 0 spiro atoms. The second kappa shape index (κ2) is 8.84. The van der Waals surface area contributed by atoms with Gasteiger partial charge in [0.05, 0.1) is 19.8 Å². The van der Waals surface area contributed by atoms with Gasteiger partial charge in [-0.3, -0.25) is 4.79 Å². The van der Waals surface area contributed by atoms with Crippen LogP contribution in [0.4, 0.5) is 4.39 Å². The molecular weight excluding hydrogens is 343 g/mol. The molecular formula is C19H19FO6. The molecule has 0 saturated carbocycles. The Morgan fingerprint density at radius 1 is 1.00 bits per heavy atom. The van der Waals surface area contributed by atoms with Crippen molar-refractivity contribution in [3.63, 3.8) is 0 Å². The molecule has 0 N–H and O–H groups in total. The van der Waals surface area contributed by atoms with Gasteiger partial charge in [0.2, 0.25) is 5.78 Å². The number of esters is 1. The highest BCUT2D eigenvalue weighted by atomic mass is 19.1. The van der Waals surface area contributed by atoms with Gasteiger partial charge in [-0.25, -0.2) is 9.18 Å². The van der Waals surface area contributed by atoms with E-state index >= 15 is 0 Å². The fraction of sp³-hybridized carbons (Fsp3) is 0.263. The van der Waals surface area contributed by atoms with Crippen molar-refractivity contribution in [2.75, 3.05) is 20.8 Å². The van der Waals surface area contributed by atoms with Crippen molar-refractivity contribution in [2.45, 2.75) is 13.0 Å². The molecule has 2 rings (SSSR count). The third kappa shape index (κ3) is 4.95. The van der Waals surface area contributed by atoms with E-state index in [1.165, 1.54) is 51.5 Å². The maximum absolute atomic E-state index is 12.9. The smallest absolute Gasteiger partial charge is 0.347 e. The van der Waals surface area contributed by atoms with Crippen LogP contribution in [-0.4, -0.2) is 38.7 Å². The van der Waals surface area contributed by atoms with E-state index in [0.717, 1.165) is 0 Å². The Morgan fingerprint density at radius 2 is 1.65 bits per heavy atom. The molecule has 6 nitrogen and oxygen atoms in total. The zero-order valence-electron chi connectivity index (χ0n) is 14.7. The monoisotopic (exact) mass is 362 g/mol. The van der Waals surface area contributed by atoms with Gasteiger partial charge < -0.3 is 18.9 Å². The summed E-state index contributed by atoms with van der Waals surface area (Å²) >= 11 is 0. The molecule has 138 valence electrons. The van der Waals surface area contributed by atoms with Crippen LogP contribution < -0.4 is 14.2 Å². The largest absolute Gasteiger partial charge is 0.497 e. The number of halogens is 1. The average molecular weight is 362 g/mol. The van der Waals surface area contributed by atoms with Crippen molar-refractivity contribution < 1.29 is 32.9 Å². The predicted molar refractivity (Wildman–Crippen MR) is 91.3 cm³/mol. The van der Waals surface area contributed by atoms with E-state index in [-0.39, 0.29) is 5.56 Å². The fourth-order valence-electron chi connectivity index (χ4n) is 2.13. The van der Waals surface area contributed by atoms with E-state index in [0.29, 0.717) is 17.2 Å². The van der Waals surface area contributed by atoms with Crippen LogP contribution in [0.15, 0.2) is 42.5 Å². The van der Waals surface area contributed by atoms with Gasteiger partial charge in [-0.05, 0) is 49.4 Å². The zero-order chi connectivity index (χ0) is 19.1. The van der Waals surface area contributed by atoms with Crippen molar-refractivity contribution in [3.05, 3.63) is 53.8 Å². The fourth-order valence-corrected chi connectivity index (χ4v) is 2.13. The highest BCUT2D eigenvalue weighted by molar-refractivity contribution is 6.00. The van der Waals surface area contributed by atoms with Crippen LogP contribution in [0.5, 0.6) is 17.2 Å². The lowest BCUT2D eigenvalue weighted by atomic mass is 10.1. The van der Waals surface area contributed by atoms with Gasteiger partial charge >= 0.3 is 5.97 Å². The topological polar surface area (TPSA) is 71.1 Å². The van der Waals surface area contributed by atoms with Crippen LogP contribution in [0, 0.1) is 5.82 Å². The van der Waals surface area contributed by atoms with Gasteiger partial charge in [0.1, 0.15) is 23.1 Å². The maximum Gasteiger partial charge on any atom is 0.347 e. The Hall–Kier alpha value is -3.09. The molecule has 2 aromatic rings. The third-order valence-electron chi connectivity index (χ3n) is 3.51. The van der Waals surface area contributed by atoms with Gasteiger partial charge in [0, 0.05) is 0 Å². The standard InChI is InChI=1S/C19H19FO6/c1-12(26-14-6-4-13(20)5-7-14)19(22)25-11-17(21)16-10-15(23-2)8-9-18(16)24-3/h4-10,12H,11H2,1-3H3/t12-/m0/s1. The van der Waals surface area contributed by atoms with E-state index in [9.17, 15) is 14.0 Å². The first-order chi connectivity index (χ1) is 12.4. The molecule has 0 aliphatic rings. The van der Waals surface area contributed by atoms with Crippen molar-refractivity contribution >= 4 is 11.8 Å². The molecule has 0 aliphatic carbocycles. The first-order valence-corrected chi connectivity index (χ1v) is 7.78. The number of hydrogen-bond acceptors (Lipinski definition) is 6. The minimum Gasteiger partial charge on any atom is -0.497 e. The number of rotatable bonds is 8. The summed E-state index contributed by atoms with van der Waals surface area (Å²) in [6.07, 6.45) is -0.958. The van der Waals surface area contributed by atoms with Crippen LogP contribution in [0.3, 0.4) is 0 Å². The molecule has 2 aromatic carbocycles. The van der Waals surface area contributed by atoms with Crippen molar-refractivity contribution in [3.8, 4) is 17.2 Å². The molecule has 0 aliphatic heterocycles. The molecule has 0 amide bonds. The Balaban J connectivity index is 1.95. The number of hydrogen-bond donors (Lipinski definition) is 0. The Labute approximate surface area is 150 Å². The Bertz CT molecular complexity index is 772. The number of methoxy groups -OCH3 is 2. The number of carbonyl (C=O) groups excluding carboxylic acids is 2. The highest BCUT2D eigenvalue weighted by Gasteiger charge is 2.20. The van der Waals surface area contributed by atoms with Crippen molar-refractivity contribution in [1.82, 2.24) is 0 Å². The van der Waals surface area contributed by atoms with Crippen molar-refractivity contribution in [2.24, 2.45) is 0 Å². The molecule has 1 atom stereocenters. The van der Waals surface area contributed by atoms with Crippen molar-refractivity contribution in [1.29, 1.82) is 0 Å². The SMILES string of the molecule is COc1ccc(OC)c(C(=O)COC(=O)[C@H](C)Oc2ccc(F)cc2)c1. The second-order valence-electron chi connectivity index (χ2n) is 5.31. The Morgan fingerprint density at radius 3 is 2.27 bits per heavy atom. The summed E-state index contributed by atoms with van der Waals surface area (Å²) in [5.74, 6) is -0.425. The average Bonchev–Trinajstić information content (AvgIpc) is 2.66.